The fourth-order valence-electron chi connectivity index (χ4n) is 0.797. The van der Waals surface area contributed by atoms with Crippen LogP contribution >= 0.6 is 23.4 Å². The van der Waals surface area contributed by atoms with Gasteiger partial charge in [-0.05, 0) is 6.42 Å². The minimum atomic E-state index is -0.0397. The highest BCUT2D eigenvalue weighted by atomic mass is 35.5. The Kier molecular flexibility index (Phi) is 4.32. The lowest BCUT2D eigenvalue weighted by Gasteiger charge is -2.00. The van der Waals surface area contributed by atoms with E-state index < -0.39 is 0 Å². The molecule has 0 aliphatic carbocycles. The van der Waals surface area contributed by atoms with Crippen molar-refractivity contribution in [3.05, 3.63) is 22.7 Å². The van der Waals surface area contributed by atoms with Gasteiger partial charge in [0.05, 0.1) is 0 Å². The summed E-state index contributed by atoms with van der Waals surface area (Å²) >= 11 is 6.98. The quantitative estimate of drug-likeness (QED) is 0.437. The maximum absolute atomic E-state index is 11.4. The average molecular weight is 219 g/mol. The van der Waals surface area contributed by atoms with Gasteiger partial charge in [-0.25, -0.2) is 4.98 Å². The van der Waals surface area contributed by atoms with E-state index in [1.807, 2.05) is 0 Å². The van der Waals surface area contributed by atoms with Gasteiger partial charge in [0.2, 0.25) is 0 Å². The van der Waals surface area contributed by atoms with Gasteiger partial charge < -0.3 is 4.57 Å². The molecule has 3 nitrogen and oxygen atoms in total. The van der Waals surface area contributed by atoms with Crippen LogP contribution in [0, 0.1) is 0 Å². The van der Waals surface area contributed by atoms with Crippen LogP contribution in [0.3, 0.4) is 0 Å². The van der Waals surface area contributed by atoms with Gasteiger partial charge in [-0.3, -0.25) is 4.79 Å². The molecule has 0 atom stereocenters. The zero-order chi connectivity index (χ0) is 9.68. The molecule has 1 aromatic heterocycles. The van der Waals surface area contributed by atoms with E-state index in [-0.39, 0.29) is 5.56 Å². The minimum Gasteiger partial charge on any atom is -0.315 e. The molecule has 0 N–H and O–H groups in total. The first-order valence-corrected chi connectivity index (χ1v) is 5.48. The largest absolute Gasteiger partial charge is 0.315 e. The summed E-state index contributed by atoms with van der Waals surface area (Å²) in [5.41, 5.74) is -0.0397. The minimum absolute atomic E-state index is 0.0397. The van der Waals surface area contributed by atoms with Crippen LogP contribution in [0.15, 0.2) is 22.2 Å². The number of alkyl halides is 1. The van der Waals surface area contributed by atoms with Crippen molar-refractivity contribution < 1.29 is 0 Å². The molecule has 0 spiro atoms. The van der Waals surface area contributed by atoms with Crippen molar-refractivity contribution in [2.24, 2.45) is 7.05 Å². The van der Waals surface area contributed by atoms with Crippen molar-refractivity contribution in [3.63, 3.8) is 0 Å². The third kappa shape index (κ3) is 3.04. The van der Waals surface area contributed by atoms with Crippen molar-refractivity contribution in [2.45, 2.75) is 11.4 Å². The highest BCUT2D eigenvalue weighted by Crippen LogP contribution is 2.10. The third-order valence-electron chi connectivity index (χ3n) is 1.50. The average Bonchev–Trinajstić information content (AvgIpc) is 2.13. The van der Waals surface area contributed by atoms with Crippen LogP contribution in [-0.4, -0.2) is 21.2 Å². The lowest BCUT2D eigenvalue weighted by atomic mass is 10.6. The summed E-state index contributed by atoms with van der Waals surface area (Å²) in [6, 6.07) is 0. The van der Waals surface area contributed by atoms with Crippen LogP contribution in [0.25, 0.3) is 0 Å². The third-order valence-corrected chi connectivity index (χ3v) is 2.82. The van der Waals surface area contributed by atoms with E-state index in [0.717, 1.165) is 12.2 Å². The first-order chi connectivity index (χ1) is 6.25. The molecule has 1 heterocycles. The van der Waals surface area contributed by atoms with Gasteiger partial charge in [0.25, 0.3) is 5.56 Å². The van der Waals surface area contributed by atoms with E-state index in [0.29, 0.717) is 10.9 Å². The number of thioether (sulfide) groups is 1. The number of aryl methyl sites for hydroxylation is 1. The second-order valence-electron chi connectivity index (χ2n) is 2.54. The van der Waals surface area contributed by atoms with Gasteiger partial charge in [-0.15, -0.1) is 23.4 Å². The van der Waals surface area contributed by atoms with Gasteiger partial charge >= 0.3 is 0 Å². The van der Waals surface area contributed by atoms with Crippen LogP contribution < -0.4 is 5.56 Å². The van der Waals surface area contributed by atoms with Crippen molar-refractivity contribution in [2.75, 3.05) is 11.6 Å². The van der Waals surface area contributed by atoms with Crippen LogP contribution in [0.2, 0.25) is 0 Å². The molecule has 0 aliphatic rings. The Morgan fingerprint density at radius 3 is 3.15 bits per heavy atom. The fourth-order valence-corrected chi connectivity index (χ4v) is 1.97. The Morgan fingerprint density at radius 1 is 1.69 bits per heavy atom. The predicted octanol–water partition coefficient (Wildman–Crippen LogP) is 1.50. The van der Waals surface area contributed by atoms with E-state index in [1.165, 1.54) is 16.3 Å². The molecule has 0 aromatic carbocycles. The van der Waals surface area contributed by atoms with E-state index >= 15 is 0 Å². The Hall–Kier alpha value is -0.480. The summed E-state index contributed by atoms with van der Waals surface area (Å²) in [5.74, 6) is 1.47. The SMILES string of the molecule is Cn1ccnc(SCCCCl)c1=O. The van der Waals surface area contributed by atoms with Crippen molar-refractivity contribution in [3.8, 4) is 0 Å². The number of hydrogen-bond donors (Lipinski definition) is 0. The number of halogens is 1. The first kappa shape index (κ1) is 10.6. The Bertz CT molecular complexity index is 326. The molecule has 0 saturated heterocycles. The summed E-state index contributed by atoms with van der Waals surface area (Å²) < 4.78 is 1.52. The Labute approximate surface area is 86.1 Å². The molecule has 1 rings (SSSR count). The normalized spacial score (nSPS) is 10.3. The fraction of sp³-hybridized carbons (Fsp3) is 0.500. The molecule has 0 unspecified atom stereocenters. The van der Waals surface area contributed by atoms with Crippen molar-refractivity contribution in [1.29, 1.82) is 0 Å². The smallest absolute Gasteiger partial charge is 0.282 e. The Morgan fingerprint density at radius 2 is 2.46 bits per heavy atom. The molecule has 0 aliphatic heterocycles. The highest BCUT2D eigenvalue weighted by Gasteiger charge is 2.01. The summed E-state index contributed by atoms with van der Waals surface area (Å²) in [4.78, 5) is 15.4. The lowest BCUT2D eigenvalue weighted by molar-refractivity contribution is 0.794. The van der Waals surface area contributed by atoms with Gasteiger partial charge in [-0.1, -0.05) is 0 Å². The van der Waals surface area contributed by atoms with E-state index in [9.17, 15) is 4.79 Å². The molecular weight excluding hydrogens is 208 g/mol. The molecule has 0 bridgehead atoms. The van der Waals surface area contributed by atoms with Crippen LogP contribution in [0.4, 0.5) is 0 Å². The maximum atomic E-state index is 11.4. The Balaban J connectivity index is 2.67. The second kappa shape index (κ2) is 5.29. The van der Waals surface area contributed by atoms with Gasteiger partial charge in [0, 0.05) is 31.1 Å². The molecule has 0 radical (unpaired) electrons. The molecule has 13 heavy (non-hydrogen) atoms. The summed E-state index contributed by atoms with van der Waals surface area (Å²) in [6.45, 7) is 0. The summed E-state index contributed by atoms with van der Waals surface area (Å²) in [7, 11) is 1.72. The van der Waals surface area contributed by atoms with Gasteiger partial charge in [-0.2, -0.15) is 0 Å². The molecule has 0 saturated carbocycles. The second-order valence-corrected chi connectivity index (χ2v) is 4.00. The maximum Gasteiger partial charge on any atom is 0.282 e. The van der Waals surface area contributed by atoms with E-state index in [2.05, 4.69) is 4.98 Å². The zero-order valence-electron chi connectivity index (χ0n) is 7.36. The van der Waals surface area contributed by atoms with Crippen LogP contribution in [0.5, 0.6) is 0 Å². The predicted molar refractivity (Wildman–Crippen MR) is 55.5 cm³/mol. The van der Waals surface area contributed by atoms with E-state index in [1.54, 1.807) is 19.4 Å². The van der Waals surface area contributed by atoms with Crippen LogP contribution in [-0.2, 0) is 7.05 Å². The lowest BCUT2D eigenvalue weighted by Crippen LogP contribution is -2.18. The summed E-state index contributed by atoms with van der Waals surface area (Å²) in [6.07, 6.45) is 4.17. The number of rotatable bonds is 4. The van der Waals surface area contributed by atoms with E-state index in [4.69, 9.17) is 11.6 Å². The number of aromatic nitrogens is 2. The molecule has 5 heteroatoms. The van der Waals surface area contributed by atoms with Crippen molar-refractivity contribution in [1.82, 2.24) is 9.55 Å². The summed E-state index contributed by atoms with van der Waals surface area (Å²) in [5, 5.41) is 0.551. The number of nitrogens with zero attached hydrogens (tertiary/aromatic N) is 2. The topological polar surface area (TPSA) is 34.9 Å². The van der Waals surface area contributed by atoms with Gasteiger partial charge in [0.1, 0.15) is 0 Å². The molecule has 0 amide bonds. The van der Waals surface area contributed by atoms with Gasteiger partial charge in [0.15, 0.2) is 5.03 Å². The zero-order valence-corrected chi connectivity index (χ0v) is 8.94. The molecular formula is C8H11ClN2OS. The standard InChI is InChI=1S/C8H11ClN2OS/c1-11-5-4-10-7(8(11)12)13-6-2-3-9/h4-5H,2-3,6H2,1H3. The molecule has 0 fully saturated rings. The number of hydrogen-bond acceptors (Lipinski definition) is 3. The monoisotopic (exact) mass is 218 g/mol. The molecule has 1 aromatic rings. The molecule has 72 valence electrons. The highest BCUT2D eigenvalue weighted by molar-refractivity contribution is 7.99. The van der Waals surface area contributed by atoms with Crippen LogP contribution in [0.1, 0.15) is 6.42 Å². The first-order valence-electron chi connectivity index (χ1n) is 3.96. The van der Waals surface area contributed by atoms with Crippen molar-refractivity contribution >= 4 is 23.4 Å².